The predicted octanol–water partition coefficient (Wildman–Crippen LogP) is 5.61. The van der Waals surface area contributed by atoms with Crippen LogP contribution in [0, 0.1) is 5.41 Å². The molecule has 0 aromatic carbocycles. The highest BCUT2D eigenvalue weighted by atomic mass is 19.1. The molecule has 1 unspecified atom stereocenters. The fourth-order valence-electron chi connectivity index (χ4n) is 0.831. The van der Waals surface area contributed by atoms with Crippen molar-refractivity contribution in [2.45, 2.75) is 80.8 Å². The Morgan fingerprint density at radius 2 is 1.43 bits per heavy atom. The molecule has 0 radical (unpaired) electrons. The van der Waals surface area contributed by atoms with Crippen molar-refractivity contribution in [2.24, 2.45) is 5.41 Å². The van der Waals surface area contributed by atoms with Crippen LogP contribution in [0.3, 0.4) is 0 Å². The van der Waals surface area contributed by atoms with Crippen molar-refractivity contribution >= 4 is 0 Å². The summed E-state index contributed by atoms with van der Waals surface area (Å²) in [6.45, 7) is 15.8. The Morgan fingerprint density at radius 1 is 1.07 bits per heavy atom. The highest BCUT2D eigenvalue weighted by Crippen LogP contribution is 2.29. The third kappa shape index (κ3) is 11.9. The van der Waals surface area contributed by atoms with Crippen molar-refractivity contribution in [1.29, 1.82) is 0 Å². The van der Waals surface area contributed by atoms with Gasteiger partial charge in [-0.2, -0.15) is 0 Å². The van der Waals surface area contributed by atoms with Gasteiger partial charge in [0.2, 0.25) is 0 Å². The molecule has 0 aromatic rings. The largest absolute Gasteiger partial charge is 0.247 e. The first-order chi connectivity index (χ1) is 6.50. The van der Waals surface area contributed by atoms with Crippen molar-refractivity contribution in [3.05, 3.63) is 0 Å². The molecule has 90 valence electrons. The second-order valence-corrected chi connectivity index (χ2v) is 3.71. The zero-order valence-corrected chi connectivity index (χ0v) is 11.6. The third-order valence-corrected chi connectivity index (χ3v) is 2.25. The topological polar surface area (TPSA) is 0 Å². The molecule has 0 aliphatic heterocycles. The van der Waals surface area contributed by atoms with Crippen LogP contribution in [0.5, 0.6) is 0 Å². The minimum Gasteiger partial charge on any atom is -0.247 e. The van der Waals surface area contributed by atoms with E-state index in [0.717, 1.165) is 19.3 Å². The van der Waals surface area contributed by atoms with Crippen LogP contribution in [0.1, 0.15) is 74.7 Å². The Balaban J connectivity index is -0.000000266. The van der Waals surface area contributed by atoms with Crippen LogP contribution in [-0.2, 0) is 0 Å². The molecule has 1 atom stereocenters. The Morgan fingerprint density at radius 3 is 1.64 bits per heavy atom. The van der Waals surface area contributed by atoms with Gasteiger partial charge in [0.05, 0.1) is 0 Å². The lowest BCUT2D eigenvalue weighted by Gasteiger charge is -2.25. The maximum atomic E-state index is 12.8. The van der Waals surface area contributed by atoms with Gasteiger partial charge < -0.3 is 0 Å². The van der Waals surface area contributed by atoms with E-state index in [1.807, 2.05) is 41.5 Å². The molecular weight excluding hydrogens is 175 g/mol. The summed E-state index contributed by atoms with van der Waals surface area (Å²) in [5.41, 5.74) is -0.115. The molecule has 1 heteroatoms. The van der Waals surface area contributed by atoms with Gasteiger partial charge in [0, 0.05) is 0 Å². The second-order valence-electron chi connectivity index (χ2n) is 3.71. The summed E-state index contributed by atoms with van der Waals surface area (Å²) in [5.74, 6) is 0. The molecule has 0 spiro atoms. The standard InChI is InChI=1S/C9H19F.2C2H6/c1-5-6-7-9(3,4)8(2)10;2*1-2/h8H,5-7H2,1-4H3;2*1-2H3. The summed E-state index contributed by atoms with van der Waals surface area (Å²) in [5, 5.41) is 0. The van der Waals surface area contributed by atoms with E-state index in [2.05, 4.69) is 6.92 Å². The highest BCUT2D eigenvalue weighted by Gasteiger charge is 2.24. The summed E-state index contributed by atoms with van der Waals surface area (Å²) in [6, 6.07) is 0. The summed E-state index contributed by atoms with van der Waals surface area (Å²) < 4.78 is 12.8. The van der Waals surface area contributed by atoms with Gasteiger partial charge in [-0.05, 0) is 18.8 Å². The molecule has 0 fully saturated rings. The van der Waals surface area contributed by atoms with E-state index in [9.17, 15) is 4.39 Å². The van der Waals surface area contributed by atoms with Crippen LogP contribution in [0.4, 0.5) is 4.39 Å². The maximum absolute atomic E-state index is 12.8. The average Bonchev–Trinajstić information content (AvgIpc) is 2.21. The average molecular weight is 206 g/mol. The van der Waals surface area contributed by atoms with Gasteiger partial charge in [0.25, 0.3) is 0 Å². The molecule has 0 amide bonds. The van der Waals surface area contributed by atoms with Crippen LogP contribution >= 0.6 is 0 Å². The molecule has 0 saturated heterocycles. The minimum atomic E-state index is -0.681. The van der Waals surface area contributed by atoms with E-state index in [1.54, 1.807) is 6.92 Å². The van der Waals surface area contributed by atoms with E-state index < -0.39 is 6.17 Å². The third-order valence-electron chi connectivity index (χ3n) is 2.25. The minimum absolute atomic E-state index is 0.115. The fraction of sp³-hybridized carbons (Fsp3) is 1.00. The molecule has 0 heterocycles. The summed E-state index contributed by atoms with van der Waals surface area (Å²) in [4.78, 5) is 0. The SMILES string of the molecule is CC.CC.CCCCC(C)(C)C(C)F. The Bertz CT molecular complexity index is 85.2. The number of hydrogen-bond donors (Lipinski definition) is 0. The fourth-order valence-corrected chi connectivity index (χ4v) is 0.831. The van der Waals surface area contributed by atoms with Crippen LogP contribution in [0.2, 0.25) is 0 Å². The molecule has 14 heavy (non-hydrogen) atoms. The van der Waals surface area contributed by atoms with Crippen molar-refractivity contribution in [1.82, 2.24) is 0 Å². The Hall–Kier alpha value is -0.0700. The number of halogens is 1. The van der Waals surface area contributed by atoms with Gasteiger partial charge in [-0.15, -0.1) is 0 Å². The molecule has 0 aromatic heterocycles. The first-order valence-corrected chi connectivity index (χ1v) is 6.14. The van der Waals surface area contributed by atoms with Crippen molar-refractivity contribution in [2.75, 3.05) is 0 Å². The molecule has 0 aliphatic rings. The van der Waals surface area contributed by atoms with E-state index in [0.29, 0.717) is 0 Å². The molecule has 0 saturated carbocycles. The van der Waals surface area contributed by atoms with Gasteiger partial charge in [-0.3, -0.25) is 0 Å². The zero-order chi connectivity index (χ0) is 12.2. The number of alkyl halides is 1. The van der Waals surface area contributed by atoms with Crippen LogP contribution in [-0.4, -0.2) is 6.17 Å². The number of unbranched alkanes of at least 4 members (excludes halogenated alkanes) is 1. The van der Waals surface area contributed by atoms with Crippen LogP contribution < -0.4 is 0 Å². The molecule has 0 rings (SSSR count). The first-order valence-electron chi connectivity index (χ1n) is 6.14. The van der Waals surface area contributed by atoms with Gasteiger partial charge in [-0.1, -0.05) is 61.3 Å². The van der Waals surface area contributed by atoms with Gasteiger partial charge in [0.15, 0.2) is 0 Å². The zero-order valence-electron chi connectivity index (χ0n) is 11.6. The number of rotatable bonds is 4. The van der Waals surface area contributed by atoms with E-state index in [-0.39, 0.29) is 5.41 Å². The summed E-state index contributed by atoms with van der Waals surface area (Å²) >= 11 is 0. The van der Waals surface area contributed by atoms with Crippen molar-refractivity contribution in [3.63, 3.8) is 0 Å². The molecule has 0 nitrogen and oxygen atoms in total. The Kier molecular flexibility index (Phi) is 18.0. The Labute approximate surface area is 91.3 Å². The van der Waals surface area contributed by atoms with E-state index in [1.165, 1.54) is 0 Å². The number of hydrogen-bond acceptors (Lipinski definition) is 0. The quantitative estimate of drug-likeness (QED) is 0.560. The van der Waals surface area contributed by atoms with Crippen LogP contribution in [0.25, 0.3) is 0 Å². The van der Waals surface area contributed by atoms with Gasteiger partial charge in [0.1, 0.15) is 6.17 Å². The lowest BCUT2D eigenvalue weighted by molar-refractivity contribution is 0.146. The smallest absolute Gasteiger partial charge is 0.102 e. The van der Waals surface area contributed by atoms with E-state index in [4.69, 9.17) is 0 Å². The van der Waals surface area contributed by atoms with Crippen molar-refractivity contribution in [3.8, 4) is 0 Å². The predicted molar refractivity (Wildman–Crippen MR) is 66.6 cm³/mol. The lowest BCUT2D eigenvalue weighted by atomic mass is 9.83. The first kappa shape index (κ1) is 19.5. The maximum Gasteiger partial charge on any atom is 0.102 e. The summed E-state index contributed by atoms with van der Waals surface area (Å²) in [6.07, 6.45) is 2.62. The lowest BCUT2D eigenvalue weighted by Crippen LogP contribution is -2.22. The van der Waals surface area contributed by atoms with Gasteiger partial charge >= 0.3 is 0 Å². The molecular formula is C13H31F. The normalized spacial score (nSPS) is 11.8. The molecule has 0 aliphatic carbocycles. The van der Waals surface area contributed by atoms with Crippen molar-refractivity contribution < 1.29 is 4.39 Å². The molecule has 0 N–H and O–H groups in total. The van der Waals surface area contributed by atoms with Crippen LogP contribution in [0.15, 0.2) is 0 Å². The van der Waals surface area contributed by atoms with Gasteiger partial charge in [-0.25, -0.2) is 4.39 Å². The highest BCUT2D eigenvalue weighted by molar-refractivity contribution is 4.73. The molecule has 0 bridgehead atoms. The second kappa shape index (κ2) is 12.9. The monoisotopic (exact) mass is 206 g/mol. The van der Waals surface area contributed by atoms with E-state index >= 15 is 0 Å². The summed E-state index contributed by atoms with van der Waals surface area (Å²) in [7, 11) is 0.